The van der Waals surface area contributed by atoms with Crippen LogP contribution in [0.25, 0.3) is 0 Å². The summed E-state index contributed by atoms with van der Waals surface area (Å²) in [6.45, 7) is 6.68. The molecule has 0 aromatic carbocycles. The van der Waals surface area contributed by atoms with Gasteiger partial charge in [-0.05, 0) is 12.8 Å². The molecule has 6 heteroatoms. The first-order valence-electron chi connectivity index (χ1n) is 7.46. The van der Waals surface area contributed by atoms with Crippen molar-refractivity contribution in [2.45, 2.75) is 39.5 Å². The average molecular weight is 306 g/mol. The molecule has 0 saturated carbocycles. The van der Waals surface area contributed by atoms with Crippen LogP contribution in [0.4, 0.5) is 0 Å². The highest BCUT2D eigenvalue weighted by Crippen LogP contribution is 2.08. The van der Waals surface area contributed by atoms with Crippen LogP contribution < -0.4 is 16.0 Å². The monoisotopic (exact) mass is 305 g/mol. The van der Waals surface area contributed by atoms with E-state index in [-0.39, 0.29) is 24.2 Å². The fourth-order valence-electron chi connectivity index (χ4n) is 1.73. The van der Waals surface area contributed by atoms with Crippen molar-refractivity contribution in [2.75, 3.05) is 32.1 Å². The molecule has 118 valence electrons. The lowest BCUT2D eigenvalue weighted by Gasteiger charge is -2.14. The predicted octanol–water partition coefficient (Wildman–Crippen LogP) is 1.26. The van der Waals surface area contributed by atoms with Gasteiger partial charge in [-0.25, -0.2) is 0 Å². The van der Waals surface area contributed by atoms with Gasteiger partial charge in [0.15, 0.2) is 0 Å². The first-order valence-corrected chi connectivity index (χ1v) is 8.00. The average Bonchev–Trinajstić information content (AvgIpc) is 2.44. The van der Waals surface area contributed by atoms with Crippen LogP contribution in [-0.2, 0) is 9.59 Å². The van der Waals surface area contributed by atoms with Crippen molar-refractivity contribution >= 4 is 23.4 Å². The molecule has 0 aliphatic rings. The van der Waals surface area contributed by atoms with Gasteiger partial charge in [0.2, 0.25) is 11.8 Å². The van der Waals surface area contributed by atoms with E-state index >= 15 is 0 Å². The number of carbonyl (C=O) groups excluding carboxylic acids is 2. The third-order valence-corrected chi connectivity index (χ3v) is 3.21. The van der Waals surface area contributed by atoms with Crippen LogP contribution in [0, 0.1) is 5.92 Å². The minimum Gasteiger partial charge on any atom is -0.356 e. The van der Waals surface area contributed by atoms with Gasteiger partial charge in [-0.2, -0.15) is 0 Å². The van der Waals surface area contributed by atoms with Gasteiger partial charge >= 0.3 is 0 Å². The van der Waals surface area contributed by atoms with Crippen LogP contribution in [0.2, 0.25) is 0 Å². The van der Waals surface area contributed by atoms with Crippen LogP contribution >= 0.6 is 11.6 Å². The third kappa shape index (κ3) is 10.0. The Morgan fingerprint density at radius 1 is 1.05 bits per heavy atom. The molecule has 0 saturated heterocycles. The van der Waals surface area contributed by atoms with Crippen LogP contribution in [0.3, 0.4) is 0 Å². The number of hydrogen-bond donors (Lipinski definition) is 3. The van der Waals surface area contributed by atoms with Crippen LogP contribution in [0.5, 0.6) is 0 Å². The summed E-state index contributed by atoms with van der Waals surface area (Å²) in [4.78, 5) is 23.6. The molecule has 1 unspecified atom stereocenters. The Kier molecular flexibility index (Phi) is 12.7. The highest BCUT2D eigenvalue weighted by atomic mass is 35.5. The second kappa shape index (κ2) is 13.2. The maximum atomic E-state index is 11.9. The summed E-state index contributed by atoms with van der Waals surface area (Å²) < 4.78 is 0. The summed E-state index contributed by atoms with van der Waals surface area (Å²) in [6, 6.07) is 0. The Labute approximate surface area is 127 Å². The lowest BCUT2D eigenvalue weighted by Crippen LogP contribution is -2.37. The van der Waals surface area contributed by atoms with E-state index in [0.29, 0.717) is 31.9 Å². The number of nitrogens with one attached hydrogen (secondary N) is 3. The second-order valence-electron chi connectivity index (χ2n) is 4.74. The van der Waals surface area contributed by atoms with Crippen LogP contribution in [0.15, 0.2) is 0 Å². The molecular weight excluding hydrogens is 278 g/mol. The zero-order chi connectivity index (χ0) is 15.2. The van der Waals surface area contributed by atoms with Crippen molar-refractivity contribution in [3.05, 3.63) is 0 Å². The summed E-state index contributed by atoms with van der Waals surface area (Å²) in [5.74, 6) is 0.234. The van der Waals surface area contributed by atoms with E-state index in [0.717, 1.165) is 19.4 Å². The molecule has 0 spiro atoms. The van der Waals surface area contributed by atoms with E-state index in [9.17, 15) is 9.59 Å². The topological polar surface area (TPSA) is 70.2 Å². The molecule has 0 aromatic rings. The van der Waals surface area contributed by atoms with Crippen molar-refractivity contribution < 1.29 is 9.59 Å². The number of unbranched alkanes of at least 4 members (excludes halogenated alkanes) is 1. The number of alkyl halides is 1. The van der Waals surface area contributed by atoms with E-state index in [1.165, 1.54) is 0 Å². The van der Waals surface area contributed by atoms with Gasteiger partial charge in [-0.3, -0.25) is 9.59 Å². The Balaban J connectivity index is 3.84. The maximum absolute atomic E-state index is 11.9. The Morgan fingerprint density at radius 2 is 1.80 bits per heavy atom. The summed E-state index contributed by atoms with van der Waals surface area (Å²) in [5, 5.41) is 8.77. The molecule has 0 aliphatic heterocycles. The second-order valence-corrected chi connectivity index (χ2v) is 5.12. The minimum atomic E-state index is -0.234. The van der Waals surface area contributed by atoms with Gasteiger partial charge in [0.05, 0.1) is 0 Å². The van der Waals surface area contributed by atoms with E-state index in [1.54, 1.807) is 0 Å². The summed E-state index contributed by atoms with van der Waals surface area (Å²) in [5.41, 5.74) is 0. The van der Waals surface area contributed by atoms with Crippen molar-refractivity contribution in [1.29, 1.82) is 0 Å². The zero-order valence-electron chi connectivity index (χ0n) is 12.6. The van der Waals surface area contributed by atoms with Gasteiger partial charge in [0.1, 0.15) is 0 Å². The zero-order valence-corrected chi connectivity index (χ0v) is 13.4. The standard InChI is InChI=1S/C14H28ClN3O2/c1-3-5-7-18-14(20)12(4-2)11-13(19)17-10-9-16-8-6-15/h12,16H,3-11H2,1-2H3,(H,17,19)(H,18,20). The van der Waals surface area contributed by atoms with Gasteiger partial charge in [0.25, 0.3) is 0 Å². The quantitative estimate of drug-likeness (QED) is 0.375. The first-order chi connectivity index (χ1) is 9.65. The molecule has 1 atom stereocenters. The molecule has 0 rings (SSSR count). The smallest absolute Gasteiger partial charge is 0.223 e. The molecule has 20 heavy (non-hydrogen) atoms. The summed E-state index contributed by atoms with van der Waals surface area (Å²) >= 11 is 5.52. The number of carbonyl (C=O) groups is 2. The Morgan fingerprint density at radius 3 is 2.40 bits per heavy atom. The van der Waals surface area contributed by atoms with Crippen molar-refractivity contribution in [1.82, 2.24) is 16.0 Å². The molecular formula is C14H28ClN3O2. The molecule has 0 aromatic heterocycles. The molecule has 0 aliphatic carbocycles. The largest absolute Gasteiger partial charge is 0.356 e. The van der Waals surface area contributed by atoms with Crippen LogP contribution in [-0.4, -0.2) is 43.9 Å². The highest BCUT2D eigenvalue weighted by Gasteiger charge is 2.19. The SMILES string of the molecule is CCCCNC(=O)C(CC)CC(=O)NCCNCCCl. The summed E-state index contributed by atoms with van der Waals surface area (Å²) in [6.07, 6.45) is 2.95. The van der Waals surface area contributed by atoms with Crippen molar-refractivity contribution in [3.8, 4) is 0 Å². The number of amides is 2. The highest BCUT2D eigenvalue weighted by molar-refractivity contribution is 6.18. The van der Waals surface area contributed by atoms with E-state index in [2.05, 4.69) is 22.9 Å². The number of halogens is 1. The third-order valence-electron chi connectivity index (χ3n) is 3.02. The maximum Gasteiger partial charge on any atom is 0.223 e. The molecule has 2 amide bonds. The molecule has 3 N–H and O–H groups in total. The minimum absolute atomic E-state index is 0.0173. The first kappa shape index (κ1) is 19.2. The molecule has 5 nitrogen and oxygen atoms in total. The van der Waals surface area contributed by atoms with Gasteiger partial charge in [-0.1, -0.05) is 20.3 Å². The van der Waals surface area contributed by atoms with E-state index in [1.807, 2.05) is 6.92 Å². The fraction of sp³-hybridized carbons (Fsp3) is 0.857. The van der Waals surface area contributed by atoms with E-state index in [4.69, 9.17) is 11.6 Å². The molecule has 0 radical (unpaired) electrons. The molecule has 0 fully saturated rings. The Bertz CT molecular complexity index is 275. The number of rotatable bonds is 12. The fourth-order valence-corrected chi connectivity index (χ4v) is 1.87. The van der Waals surface area contributed by atoms with Crippen molar-refractivity contribution in [3.63, 3.8) is 0 Å². The molecule has 0 heterocycles. The lowest BCUT2D eigenvalue weighted by molar-refractivity contribution is -0.130. The van der Waals surface area contributed by atoms with Crippen molar-refractivity contribution in [2.24, 2.45) is 5.92 Å². The van der Waals surface area contributed by atoms with Gasteiger partial charge in [-0.15, -0.1) is 11.6 Å². The lowest BCUT2D eigenvalue weighted by atomic mass is 10.0. The summed E-state index contributed by atoms with van der Waals surface area (Å²) in [7, 11) is 0. The van der Waals surface area contributed by atoms with Gasteiger partial charge in [0, 0.05) is 44.4 Å². The molecule has 0 bridgehead atoms. The number of hydrogen-bond acceptors (Lipinski definition) is 3. The van der Waals surface area contributed by atoms with E-state index < -0.39 is 0 Å². The normalized spacial score (nSPS) is 11.9. The van der Waals surface area contributed by atoms with Gasteiger partial charge < -0.3 is 16.0 Å². The predicted molar refractivity (Wildman–Crippen MR) is 82.9 cm³/mol. The van der Waals surface area contributed by atoms with Crippen LogP contribution in [0.1, 0.15) is 39.5 Å². The Hall–Kier alpha value is -0.810.